The molecule has 0 saturated heterocycles. The van der Waals surface area contributed by atoms with Gasteiger partial charge < -0.3 is 26.2 Å². The van der Waals surface area contributed by atoms with Crippen molar-refractivity contribution in [2.75, 3.05) is 11.9 Å². The number of aliphatic hydroxyl groups is 1. The maximum atomic E-state index is 12.7. The fourth-order valence-electron chi connectivity index (χ4n) is 4.11. The Labute approximate surface area is 145 Å². The molecule has 2 bridgehead atoms. The summed E-state index contributed by atoms with van der Waals surface area (Å²) in [6.45, 7) is 0.388. The smallest absolute Gasteiger partial charge is 0.263 e. The van der Waals surface area contributed by atoms with Crippen LogP contribution in [0.3, 0.4) is 0 Å². The molecule has 0 unspecified atom stereocenters. The van der Waals surface area contributed by atoms with Gasteiger partial charge in [-0.1, -0.05) is 11.6 Å². The lowest BCUT2D eigenvalue weighted by Gasteiger charge is -2.54. The van der Waals surface area contributed by atoms with Crippen molar-refractivity contribution in [2.45, 2.75) is 55.4 Å². The average molecular weight is 352 g/mol. The second-order valence-electron chi connectivity index (χ2n) is 7.35. The summed E-state index contributed by atoms with van der Waals surface area (Å²) in [5.74, 6) is 0.471. The Balaban J connectivity index is 1.45. The first-order valence-corrected chi connectivity index (χ1v) is 8.76. The number of rotatable bonds is 2. The molecule has 2 atom stereocenters. The van der Waals surface area contributed by atoms with E-state index in [1.54, 1.807) is 18.2 Å². The molecule has 3 saturated carbocycles. The molecule has 1 aromatic rings. The molecule has 24 heavy (non-hydrogen) atoms. The highest BCUT2D eigenvalue weighted by atomic mass is 35.5. The third kappa shape index (κ3) is 2.62. The van der Waals surface area contributed by atoms with Gasteiger partial charge in [-0.25, -0.2) is 0 Å². The topological polar surface area (TPSA) is 96.6 Å². The minimum Gasteiger partial charge on any atom is -0.477 e. The Morgan fingerprint density at radius 2 is 2.12 bits per heavy atom. The van der Waals surface area contributed by atoms with Gasteiger partial charge in [0.1, 0.15) is 5.75 Å². The number of nitrogens with two attached hydrogens (primary N) is 1. The first kappa shape index (κ1) is 16.0. The highest BCUT2D eigenvalue weighted by molar-refractivity contribution is 6.30. The van der Waals surface area contributed by atoms with E-state index in [4.69, 9.17) is 22.1 Å². The van der Waals surface area contributed by atoms with Gasteiger partial charge in [0.05, 0.1) is 18.3 Å². The summed E-state index contributed by atoms with van der Waals surface area (Å²) in [4.78, 5) is 12.7. The molecule has 0 aromatic heterocycles. The highest BCUT2D eigenvalue weighted by Gasteiger charge is 2.53. The molecule has 0 spiro atoms. The van der Waals surface area contributed by atoms with E-state index in [0.29, 0.717) is 23.7 Å². The number of fused-ring (bicyclic) bond motifs is 4. The molecule has 130 valence electrons. The summed E-state index contributed by atoms with van der Waals surface area (Å²) < 4.78 is 5.82. The Morgan fingerprint density at radius 1 is 1.38 bits per heavy atom. The summed E-state index contributed by atoms with van der Waals surface area (Å²) >= 11 is 5.96. The largest absolute Gasteiger partial charge is 0.477 e. The van der Waals surface area contributed by atoms with Gasteiger partial charge >= 0.3 is 0 Å². The first-order valence-electron chi connectivity index (χ1n) is 8.38. The number of anilines is 1. The number of nitrogens with one attached hydrogen (secondary N) is 2. The number of ether oxygens (including phenoxy) is 1. The van der Waals surface area contributed by atoms with Gasteiger partial charge in [-0.15, -0.1) is 0 Å². The zero-order valence-electron chi connectivity index (χ0n) is 13.3. The number of carbonyl (C=O) groups is 1. The molecule has 1 aromatic carbocycles. The number of aliphatic hydroxyl groups excluding tert-OH is 1. The minimum absolute atomic E-state index is 0.151. The van der Waals surface area contributed by atoms with Gasteiger partial charge in [-0.2, -0.15) is 0 Å². The summed E-state index contributed by atoms with van der Waals surface area (Å²) in [6.07, 6.45) is 2.43. The Hall–Kier alpha value is -1.50. The molecule has 7 heteroatoms. The second kappa shape index (κ2) is 5.51. The van der Waals surface area contributed by atoms with Crippen molar-refractivity contribution in [1.82, 2.24) is 5.32 Å². The zero-order valence-corrected chi connectivity index (χ0v) is 14.1. The van der Waals surface area contributed by atoms with E-state index in [1.807, 2.05) is 0 Å². The lowest BCUT2D eigenvalue weighted by molar-refractivity contribution is -0.133. The minimum atomic E-state index is -0.600. The zero-order chi connectivity index (χ0) is 16.9. The van der Waals surface area contributed by atoms with Crippen molar-refractivity contribution in [2.24, 2.45) is 5.73 Å². The van der Waals surface area contributed by atoms with E-state index in [2.05, 4.69) is 10.6 Å². The first-order chi connectivity index (χ1) is 11.4. The van der Waals surface area contributed by atoms with Gasteiger partial charge in [-0.3, -0.25) is 4.79 Å². The Kier molecular flexibility index (Phi) is 3.67. The van der Waals surface area contributed by atoms with E-state index < -0.39 is 17.7 Å². The van der Waals surface area contributed by atoms with E-state index >= 15 is 0 Å². The van der Waals surface area contributed by atoms with Crippen LogP contribution in [0.15, 0.2) is 18.2 Å². The van der Waals surface area contributed by atoms with Gasteiger partial charge in [0.25, 0.3) is 5.91 Å². The fraction of sp³-hybridized carbons (Fsp3) is 0.588. The molecule has 4 aliphatic rings. The standard InChI is InChI=1S/C17H22ClN3O3/c18-10-1-2-12-11(7-10)20-9-13(24-12)15(23)21-16-3-5-17(19,6-4-16)14(22)8-16/h1-2,7,13-14,20,22H,3-6,8-9,19H2,(H,21,23)/t13-,14-,16?,17?/m0/s1. The maximum absolute atomic E-state index is 12.7. The number of hydrogen-bond acceptors (Lipinski definition) is 5. The number of hydrogen-bond donors (Lipinski definition) is 4. The third-order valence-electron chi connectivity index (χ3n) is 5.76. The lowest BCUT2D eigenvalue weighted by Crippen LogP contribution is -2.69. The van der Waals surface area contributed by atoms with Crippen molar-refractivity contribution < 1.29 is 14.6 Å². The molecule has 0 radical (unpaired) electrons. The molecule has 5 rings (SSSR count). The summed E-state index contributed by atoms with van der Waals surface area (Å²) in [6, 6.07) is 5.28. The monoisotopic (exact) mass is 351 g/mol. The normalized spacial score (nSPS) is 37.1. The van der Waals surface area contributed by atoms with Crippen LogP contribution in [-0.2, 0) is 4.79 Å². The molecule has 1 amide bonds. The predicted octanol–water partition coefficient (Wildman–Crippen LogP) is 1.40. The number of benzene rings is 1. The van der Waals surface area contributed by atoms with Crippen LogP contribution in [0.25, 0.3) is 0 Å². The number of carbonyl (C=O) groups excluding carboxylic acids is 1. The summed E-state index contributed by atoms with van der Waals surface area (Å²) in [5.41, 5.74) is 6.19. The molecular weight excluding hydrogens is 330 g/mol. The molecule has 3 aliphatic carbocycles. The summed E-state index contributed by atoms with van der Waals surface area (Å²) in [7, 11) is 0. The lowest BCUT2D eigenvalue weighted by atomic mass is 9.60. The maximum Gasteiger partial charge on any atom is 0.263 e. The average Bonchev–Trinajstić information content (AvgIpc) is 2.56. The van der Waals surface area contributed by atoms with Crippen LogP contribution in [0, 0.1) is 0 Å². The van der Waals surface area contributed by atoms with E-state index in [1.165, 1.54) is 0 Å². The molecule has 5 N–H and O–H groups in total. The molecular formula is C17H22ClN3O3. The Bertz CT molecular complexity index is 673. The number of amides is 1. The van der Waals surface area contributed by atoms with E-state index in [9.17, 15) is 9.90 Å². The van der Waals surface area contributed by atoms with Gasteiger partial charge in [0, 0.05) is 16.1 Å². The van der Waals surface area contributed by atoms with Gasteiger partial charge in [0.2, 0.25) is 0 Å². The molecule has 3 fully saturated rings. The van der Waals surface area contributed by atoms with Crippen molar-refractivity contribution in [3.8, 4) is 5.75 Å². The molecule has 1 heterocycles. The van der Waals surface area contributed by atoms with Crippen molar-refractivity contribution in [3.05, 3.63) is 23.2 Å². The van der Waals surface area contributed by atoms with Crippen molar-refractivity contribution in [1.29, 1.82) is 0 Å². The van der Waals surface area contributed by atoms with E-state index in [-0.39, 0.29) is 11.4 Å². The van der Waals surface area contributed by atoms with Crippen molar-refractivity contribution in [3.63, 3.8) is 0 Å². The van der Waals surface area contributed by atoms with Gasteiger partial charge in [-0.05, 0) is 50.3 Å². The second-order valence-corrected chi connectivity index (χ2v) is 7.79. The van der Waals surface area contributed by atoms with Gasteiger partial charge in [0.15, 0.2) is 6.10 Å². The SMILES string of the molecule is NC12CCC(NC(=O)[C@@H]3CNc4cc(Cl)ccc4O3)(CC1)C[C@@H]2O. The molecule has 1 aliphatic heterocycles. The predicted molar refractivity (Wildman–Crippen MR) is 91.2 cm³/mol. The van der Waals surface area contributed by atoms with Crippen LogP contribution in [0.4, 0.5) is 5.69 Å². The van der Waals surface area contributed by atoms with Crippen LogP contribution < -0.4 is 21.1 Å². The third-order valence-corrected chi connectivity index (χ3v) is 5.99. The summed E-state index contributed by atoms with van der Waals surface area (Å²) in [5, 5.41) is 17.2. The van der Waals surface area contributed by atoms with Crippen LogP contribution in [0.2, 0.25) is 5.02 Å². The van der Waals surface area contributed by atoms with E-state index in [0.717, 1.165) is 31.4 Å². The van der Waals surface area contributed by atoms with Crippen LogP contribution in [-0.4, -0.2) is 40.8 Å². The quantitative estimate of drug-likeness (QED) is 0.646. The van der Waals surface area contributed by atoms with Crippen molar-refractivity contribution >= 4 is 23.2 Å². The molecule has 6 nitrogen and oxygen atoms in total. The van der Waals surface area contributed by atoms with Crippen LogP contribution in [0.1, 0.15) is 32.1 Å². The fourth-order valence-corrected chi connectivity index (χ4v) is 4.28. The highest BCUT2D eigenvalue weighted by Crippen LogP contribution is 2.45. The van der Waals surface area contributed by atoms with Crippen LogP contribution >= 0.6 is 11.6 Å². The number of halogens is 1. The Morgan fingerprint density at radius 3 is 2.83 bits per heavy atom. The van der Waals surface area contributed by atoms with Crippen LogP contribution in [0.5, 0.6) is 5.75 Å².